The molecule has 250 valence electrons. The fraction of sp³-hybridized carbons (Fsp3) is 0.909. The zero-order valence-electron chi connectivity index (χ0n) is 23.2. The second-order valence-electron chi connectivity index (χ2n) is 10.3. The normalized spacial score (nSPS) is 45.2. The third kappa shape index (κ3) is 8.44. The van der Waals surface area contributed by atoms with E-state index in [9.17, 15) is 59.9 Å². The average molecular weight is 651 g/mol. The molecule has 3 rings (SSSR count). The van der Waals surface area contributed by atoms with Gasteiger partial charge < -0.3 is 75.3 Å². The van der Waals surface area contributed by atoms with Crippen LogP contribution in [0.3, 0.4) is 0 Å². The molecule has 43 heavy (non-hydrogen) atoms. The maximum Gasteiger partial charge on any atom is 0.475 e. The Hall–Kier alpha value is -1.43. The van der Waals surface area contributed by atoms with Crippen molar-refractivity contribution in [2.24, 2.45) is 0 Å². The van der Waals surface area contributed by atoms with E-state index in [1.54, 1.807) is 0 Å². The third-order valence-electron chi connectivity index (χ3n) is 7.05. The van der Waals surface area contributed by atoms with Crippen molar-refractivity contribution in [1.29, 1.82) is 0 Å². The summed E-state index contributed by atoms with van der Waals surface area (Å²) < 4.78 is 44.5. The van der Waals surface area contributed by atoms with Crippen LogP contribution in [-0.2, 0) is 42.1 Å². The lowest BCUT2D eigenvalue weighted by molar-refractivity contribution is -0.319. The minimum Gasteiger partial charge on any atom is -0.394 e. The smallest absolute Gasteiger partial charge is 0.394 e. The number of aliphatic hydroxyl groups excluding tert-OH is 8. The van der Waals surface area contributed by atoms with E-state index < -0.39 is 125 Å². The molecule has 0 bridgehead atoms. The Labute approximate surface area is 244 Å². The largest absolute Gasteiger partial charge is 0.475 e. The van der Waals surface area contributed by atoms with Gasteiger partial charge in [-0.25, -0.2) is 4.57 Å². The van der Waals surface area contributed by atoms with Crippen LogP contribution in [0.5, 0.6) is 0 Å². The number of amides is 2. The van der Waals surface area contributed by atoms with Gasteiger partial charge in [0, 0.05) is 13.8 Å². The standard InChI is InChI=1S/C22H39N2O18P/c1-6-18(41-43(35,36)42-22-17(33)16(32)13(29)9(4-25)39-22)15(31)11(23-7(2)27)21(37-6)40-19-12(24-8(3)28)20(34)38-10(5-26)14(19)30/h6,9-22,25-26,29-34H,4-5H2,1-3H3,(H,23,27)(H,24,28)(H,35,36)/t6-,9+,10+,11-,12+,13+,14+,15-,16-,17+,18-,19+,20+,21-,22+/m0/s1. The SMILES string of the molecule is CC(=O)N[C@@H]1[C@H](O[C@H]2[C@H](O)[C@@H](CO)O[C@@H](O)[C@@H]2NC(C)=O)O[C@@H](C)[C@H](OP(=O)(O)O[C@H]2O[C@H](CO)[C@@H](O)[C@H](O)[C@H]2O)[C@H]1O. The van der Waals surface area contributed by atoms with Crippen LogP contribution < -0.4 is 10.6 Å². The highest BCUT2D eigenvalue weighted by Gasteiger charge is 2.54. The summed E-state index contributed by atoms with van der Waals surface area (Å²) in [4.78, 5) is 34.1. The molecular weight excluding hydrogens is 611 g/mol. The number of phosphoric ester groups is 1. The molecule has 3 aliphatic rings. The maximum absolute atomic E-state index is 12.9. The van der Waals surface area contributed by atoms with Gasteiger partial charge in [0.1, 0.15) is 67.0 Å². The highest BCUT2D eigenvalue weighted by molar-refractivity contribution is 7.47. The van der Waals surface area contributed by atoms with Crippen molar-refractivity contribution < 1.29 is 87.9 Å². The summed E-state index contributed by atoms with van der Waals surface area (Å²) in [6.07, 6.45) is -22.3. The number of phosphoric acid groups is 1. The second kappa shape index (κ2) is 14.8. The zero-order chi connectivity index (χ0) is 32.4. The number of ether oxygens (including phenoxy) is 4. The number of hydrogen-bond donors (Lipinski definition) is 11. The molecule has 11 N–H and O–H groups in total. The summed E-state index contributed by atoms with van der Waals surface area (Å²) in [6, 6.07) is -2.99. The molecule has 21 heteroatoms. The third-order valence-corrected chi connectivity index (χ3v) is 8.04. The molecule has 20 nitrogen and oxygen atoms in total. The fourth-order valence-electron chi connectivity index (χ4n) is 4.92. The van der Waals surface area contributed by atoms with Gasteiger partial charge in [0.25, 0.3) is 0 Å². The quantitative estimate of drug-likeness (QED) is 0.0980. The fourth-order valence-corrected chi connectivity index (χ4v) is 6.01. The average Bonchev–Trinajstić information content (AvgIpc) is 2.92. The molecule has 3 fully saturated rings. The van der Waals surface area contributed by atoms with Crippen molar-refractivity contribution >= 4 is 19.6 Å². The summed E-state index contributed by atoms with van der Waals surface area (Å²) >= 11 is 0. The van der Waals surface area contributed by atoms with E-state index in [0.29, 0.717) is 0 Å². The lowest BCUT2D eigenvalue weighted by Crippen LogP contribution is -2.69. The molecule has 0 aromatic rings. The topological polar surface area (TPSA) is 313 Å². The number of hydrogen-bond acceptors (Lipinski definition) is 17. The molecule has 0 spiro atoms. The monoisotopic (exact) mass is 650 g/mol. The molecule has 0 aromatic heterocycles. The molecule has 0 aromatic carbocycles. The number of nitrogens with one attached hydrogen (secondary N) is 2. The van der Waals surface area contributed by atoms with Crippen molar-refractivity contribution in [2.75, 3.05) is 13.2 Å². The van der Waals surface area contributed by atoms with E-state index >= 15 is 0 Å². The number of rotatable bonds is 10. The van der Waals surface area contributed by atoms with E-state index in [2.05, 4.69) is 10.6 Å². The van der Waals surface area contributed by atoms with E-state index in [1.165, 1.54) is 6.92 Å². The van der Waals surface area contributed by atoms with Crippen molar-refractivity contribution in [3.05, 3.63) is 0 Å². The van der Waals surface area contributed by atoms with Crippen LogP contribution in [0, 0.1) is 0 Å². The highest BCUT2D eigenvalue weighted by atomic mass is 31.2. The minimum absolute atomic E-state index is 0.654. The molecule has 0 radical (unpaired) electrons. The van der Waals surface area contributed by atoms with Crippen LogP contribution in [-0.4, -0.2) is 163 Å². The molecule has 0 aliphatic carbocycles. The van der Waals surface area contributed by atoms with Gasteiger partial charge in [-0.05, 0) is 6.92 Å². The number of aliphatic hydroxyl groups is 8. The van der Waals surface area contributed by atoms with Gasteiger partial charge in [-0.3, -0.25) is 18.6 Å². The van der Waals surface area contributed by atoms with Gasteiger partial charge in [-0.15, -0.1) is 0 Å². The van der Waals surface area contributed by atoms with Crippen molar-refractivity contribution in [1.82, 2.24) is 10.6 Å². The molecule has 3 aliphatic heterocycles. The maximum atomic E-state index is 12.9. The summed E-state index contributed by atoms with van der Waals surface area (Å²) in [5.41, 5.74) is 0. The first-order chi connectivity index (χ1) is 20.0. The van der Waals surface area contributed by atoms with Crippen LogP contribution in [0.15, 0.2) is 0 Å². The molecule has 2 amide bonds. The predicted molar refractivity (Wildman–Crippen MR) is 134 cm³/mol. The lowest BCUT2D eigenvalue weighted by Gasteiger charge is -2.48. The van der Waals surface area contributed by atoms with Crippen molar-refractivity contribution in [3.8, 4) is 0 Å². The first-order valence-corrected chi connectivity index (χ1v) is 14.7. The van der Waals surface area contributed by atoms with Crippen LogP contribution >= 0.6 is 7.82 Å². The first-order valence-electron chi connectivity index (χ1n) is 13.2. The van der Waals surface area contributed by atoms with Crippen LogP contribution in [0.4, 0.5) is 0 Å². The Kier molecular flexibility index (Phi) is 12.4. The van der Waals surface area contributed by atoms with Gasteiger partial charge in [0.15, 0.2) is 18.9 Å². The Morgan fingerprint density at radius 1 is 0.721 bits per heavy atom. The number of carbonyl (C=O) groups is 2. The van der Waals surface area contributed by atoms with Crippen molar-refractivity contribution in [2.45, 2.75) is 113 Å². The molecule has 3 saturated heterocycles. The molecular formula is C22H39N2O18P. The van der Waals surface area contributed by atoms with E-state index in [1.807, 2.05) is 0 Å². The van der Waals surface area contributed by atoms with E-state index in [0.717, 1.165) is 13.8 Å². The highest BCUT2D eigenvalue weighted by Crippen LogP contribution is 2.49. The van der Waals surface area contributed by atoms with Gasteiger partial charge in [0.2, 0.25) is 11.8 Å². The van der Waals surface area contributed by atoms with Crippen molar-refractivity contribution in [3.63, 3.8) is 0 Å². The molecule has 3 heterocycles. The molecule has 16 atom stereocenters. The first kappa shape index (κ1) is 36.0. The Morgan fingerprint density at radius 2 is 1.28 bits per heavy atom. The molecule has 0 saturated carbocycles. The number of carbonyl (C=O) groups excluding carboxylic acids is 2. The van der Waals surface area contributed by atoms with Gasteiger partial charge >= 0.3 is 7.82 Å². The van der Waals surface area contributed by atoms with E-state index in [4.69, 9.17) is 28.0 Å². The predicted octanol–water partition coefficient (Wildman–Crippen LogP) is -6.14. The summed E-state index contributed by atoms with van der Waals surface area (Å²) in [5, 5.41) is 85.7. The van der Waals surface area contributed by atoms with Gasteiger partial charge in [0.05, 0.1) is 19.3 Å². The summed E-state index contributed by atoms with van der Waals surface area (Å²) in [7, 11) is -5.31. The minimum atomic E-state index is -5.31. The lowest BCUT2D eigenvalue weighted by atomic mass is 9.94. The molecule has 1 unspecified atom stereocenters. The van der Waals surface area contributed by atoms with Crippen LogP contribution in [0.2, 0.25) is 0 Å². The van der Waals surface area contributed by atoms with Gasteiger partial charge in [-0.1, -0.05) is 0 Å². The Bertz CT molecular complexity index is 1010. The zero-order valence-corrected chi connectivity index (χ0v) is 24.1. The van der Waals surface area contributed by atoms with Gasteiger partial charge in [-0.2, -0.15) is 0 Å². The van der Waals surface area contributed by atoms with Crippen LogP contribution in [0.1, 0.15) is 20.8 Å². The van der Waals surface area contributed by atoms with Crippen LogP contribution in [0.25, 0.3) is 0 Å². The summed E-state index contributed by atoms with van der Waals surface area (Å²) in [6.45, 7) is 1.82. The summed E-state index contributed by atoms with van der Waals surface area (Å²) in [5.74, 6) is -1.39. The Morgan fingerprint density at radius 3 is 1.84 bits per heavy atom. The van der Waals surface area contributed by atoms with E-state index in [-0.39, 0.29) is 0 Å². The Balaban J connectivity index is 1.81. The second-order valence-corrected chi connectivity index (χ2v) is 11.7.